The highest BCUT2D eigenvalue weighted by molar-refractivity contribution is 6.30. The van der Waals surface area contributed by atoms with E-state index in [0.29, 0.717) is 6.61 Å². The fourth-order valence-electron chi connectivity index (χ4n) is 2.45. The monoisotopic (exact) mass is 300 g/mol. The zero-order valence-corrected chi connectivity index (χ0v) is 12.7. The Bertz CT molecular complexity index is 751. The summed E-state index contributed by atoms with van der Waals surface area (Å²) in [7, 11) is 0. The first-order chi connectivity index (χ1) is 10.3. The fraction of sp³-hybridized carbons (Fsp3) is 0.235. The maximum atomic E-state index is 6.11. The first-order valence-electron chi connectivity index (χ1n) is 7.08. The number of hydrogen-bond donors (Lipinski definition) is 0. The van der Waals surface area contributed by atoms with E-state index in [1.54, 1.807) is 0 Å². The third kappa shape index (κ3) is 2.94. The molecule has 0 saturated carbocycles. The Kier molecular flexibility index (Phi) is 4.23. The molecule has 2 aromatic carbocycles. The lowest BCUT2D eigenvalue weighted by molar-refractivity contribution is 0.140. The number of aromatic nitrogens is 2. The van der Waals surface area contributed by atoms with Gasteiger partial charge in [0.1, 0.15) is 5.82 Å². The van der Waals surface area contributed by atoms with Crippen LogP contribution in [-0.2, 0) is 11.3 Å². The minimum absolute atomic E-state index is 0.671. The molecule has 1 heterocycles. The van der Waals surface area contributed by atoms with Gasteiger partial charge in [0, 0.05) is 23.7 Å². The molecule has 0 aliphatic carbocycles. The molecular formula is C17H17ClN2O. The maximum Gasteiger partial charge on any atom is 0.141 e. The van der Waals surface area contributed by atoms with Crippen molar-refractivity contribution in [2.24, 2.45) is 0 Å². The van der Waals surface area contributed by atoms with Crippen molar-refractivity contribution in [2.75, 3.05) is 13.2 Å². The average Bonchev–Trinajstić information content (AvgIpc) is 2.87. The second-order valence-electron chi connectivity index (χ2n) is 4.78. The highest BCUT2D eigenvalue weighted by Crippen LogP contribution is 2.26. The van der Waals surface area contributed by atoms with Crippen LogP contribution in [0.25, 0.3) is 22.4 Å². The molecule has 1 aromatic heterocycles. The molecule has 0 aliphatic heterocycles. The number of fused-ring (bicyclic) bond motifs is 1. The molecule has 0 bridgehead atoms. The topological polar surface area (TPSA) is 27.1 Å². The van der Waals surface area contributed by atoms with Crippen LogP contribution in [0.15, 0.2) is 48.5 Å². The number of imidazole rings is 1. The van der Waals surface area contributed by atoms with Crippen LogP contribution in [0, 0.1) is 0 Å². The van der Waals surface area contributed by atoms with Gasteiger partial charge in [-0.1, -0.05) is 35.9 Å². The van der Waals surface area contributed by atoms with E-state index in [2.05, 4.69) is 10.6 Å². The van der Waals surface area contributed by atoms with Gasteiger partial charge in [-0.3, -0.25) is 0 Å². The lowest BCUT2D eigenvalue weighted by Crippen LogP contribution is -2.07. The van der Waals surface area contributed by atoms with E-state index < -0.39 is 0 Å². The van der Waals surface area contributed by atoms with Crippen molar-refractivity contribution in [2.45, 2.75) is 13.5 Å². The molecule has 0 aliphatic rings. The number of hydrogen-bond acceptors (Lipinski definition) is 2. The molecule has 0 amide bonds. The van der Waals surface area contributed by atoms with E-state index in [9.17, 15) is 0 Å². The molecule has 4 heteroatoms. The van der Waals surface area contributed by atoms with Crippen LogP contribution < -0.4 is 0 Å². The quantitative estimate of drug-likeness (QED) is 0.653. The second kappa shape index (κ2) is 6.29. The highest BCUT2D eigenvalue weighted by atomic mass is 35.5. The standard InChI is InChI=1S/C17H17ClN2O/c1-2-21-11-10-20-16-9-4-3-8-15(16)19-17(20)13-6-5-7-14(18)12-13/h3-9,12H,2,10-11H2,1H3. The summed E-state index contributed by atoms with van der Waals surface area (Å²) in [6.45, 7) is 4.17. The van der Waals surface area contributed by atoms with Crippen LogP contribution in [0.4, 0.5) is 0 Å². The molecule has 3 aromatic rings. The predicted octanol–water partition coefficient (Wildman–Crippen LogP) is 4.39. The largest absolute Gasteiger partial charge is 0.380 e. The predicted molar refractivity (Wildman–Crippen MR) is 86.7 cm³/mol. The summed E-state index contributed by atoms with van der Waals surface area (Å²) in [4.78, 5) is 4.75. The summed E-state index contributed by atoms with van der Waals surface area (Å²) in [6.07, 6.45) is 0. The van der Waals surface area contributed by atoms with Crippen LogP contribution in [0.1, 0.15) is 6.92 Å². The van der Waals surface area contributed by atoms with E-state index in [4.69, 9.17) is 21.3 Å². The van der Waals surface area contributed by atoms with Gasteiger partial charge in [0.15, 0.2) is 0 Å². The van der Waals surface area contributed by atoms with Crippen LogP contribution in [0.5, 0.6) is 0 Å². The van der Waals surface area contributed by atoms with Crippen LogP contribution >= 0.6 is 11.6 Å². The molecule has 0 unspecified atom stereocenters. The molecule has 0 radical (unpaired) electrons. The minimum Gasteiger partial charge on any atom is -0.380 e. The van der Waals surface area contributed by atoms with Gasteiger partial charge in [-0.25, -0.2) is 4.98 Å². The average molecular weight is 301 g/mol. The van der Waals surface area contributed by atoms with Crippen LogP contribution in [-0.4, -0.2) is 22.8 Å². The summed E-state index contributed by atoms with van der Waals surface area (Å²) in [5.41, 5.74) is 3.13. The second-order valence-corrected chi connectivity index (χ2v) is 5.22. The third-order valence-electron chi connectivity index (χ3n) is 3.40. The number of nitrogens with zero attached hydrogens (tertiary/aromatic N) is 2. The van der Waals surface area contributed by atoms with E-state index in [1.807, 2.05) is 49.4 Å². The number of para-hydroxylation sites is 2. The van der Waals surface area contributed by atoms with Gasteiger partial charge >= 0.3 is 0 Å². The number of benzene rings is 2. The van der Waals surface area contributed by atoms with Gasteiger partial charge in [0.05, 0.1) is 17.6 Å². The molecule has 108 valence electrons. The molecule has 3 rings (SSSR count). The Balaban J connectivity index is 2.09. The van der Waals surface area contributed by atoms with E-state index in [-0.39, 0.29) is 0 Å². The van der Waals surface area contributed by atoms with Crippen molar-refractivity contribution in [1.29, 1.82) is 0 Å². The zero-order chi connectivity index (χ0) is 14.7. The van der Waals surface area contributed by atoms with E-state index >= 15 is 0 Å². The van der Waals surface area contributed by atoms with Gasteiger partial charge in [-0.05, 0) is 31.2 Å². The molecule has 0 fully saturated rings. The van der Waals surface area contributed by atoms with Crippen molar-refractivity contribution in [3.05, 3.63) is 53.6 Å². The summed E-state index contributed by atoms with van der Waals surface area (Å²) < 4.78 is 7.69. The normalized spacial score (nSPS) is 11.1. The molecule has 3 nitrogen and oxygen atoms in total. The third-order valence-corrected chi connectivity index (χ3v) is 3.64. The fourth-order valence-corrected chi connectivity index (χ4v) is 2.64. The Morgan fingerprint density at radius 2 is 2.00 bits per heavy atom. The Labute approximate surface area is 129 Å². The molecule has 0 spiro atoms. The van der Waals surface area contributed by atoms with E-state index in [0.717, 1.165) is 40.6 Å². The first-order valence-corrected chi connectivity index (χ1v) is 7.46. The molecular weight excluding hydrogens is 284 g/mol. The Hall–Kier alpha value is -1.84. The number of halogens is 1. The van der Waals surface area contributed by atoms with Crippen LogP contribution in [0.2, 0.25) is 5.02 Å². The van der Waals surface area contributed by atoms with Crippen molar-refractivity contribution < 1.29 is 4.74 Å². The van der Waals surface area contributed by atoms with Crippen molar-refractivity contribution in [3.63, 3.8) is 0 Å². The lowest BCUT2D eigenvalue weighted by atomic mass is 10.2. The first kappa shape index (κ1) is 14.1. The summed E-state index contributed by atoms with van der Waals surface area (Å²) >= 11 is 6.11. The Morgan fingerprint density at radius 3 is 2.81 bits per heavy atom. The summed E-state index contributed by atoms with van der Waals surface area (Å²) in [5, 5.41) is 0.718. The minimum atomic E-state index is 0.671. The van der Waals surface area contributed by atoms with Gasteiger partial charge in [-0.15, -0.1) is 0 Å². The summed E-state index contributed by atoms with van der Waals surface area (Å²) in [6, 6.07) is 15.9. The maximum absolute atomic E-state index is 6.11. The number of rotatable bonds is 5. The van der Waals surface area contributed by atoms with E-state index in [1.165, 1.54) is 0 Å². The zero-order valence-electron chi connectivity index (χ0n) is 11.9. The number of ether oxygens (including phenoxy) is 1. The SMILES string of the molecule is CCOCCn1c(-c2cccc(Cl)c2)nc2ccccc21. The smallest absolute Gasteiger partial charge is 0.141 e. The lowest BCUT2D eigenvalue weighted by Gasteiger charge is -2.09. The van der Waals surface area contributed by atoms with Gasteiger partial charge in [-0.2, -0.15) is 0 Å². The van der Waals surface area contributed by atoms with Crippen molar-refractivity contribution in [1.82, 2.24) is 9.55 Å². The van der Waals surface area contributed by atoms with Gasteiger partial charge in [0.2, 0.25) is 0 Å². The molecule has 0 atom stereocenters. The van der Waals surface area contributed by atoms with Crippen molar-refractivity contribution >= 4 is 22.6 Å². The van der Waals surface area contributed by atoms with Gasteiger partial charge < -0.3 is 9.30 Å². The molecule has 0 saturated heterocycles. The molecule has 21 heavy (non-hydrogen) atoms. The van der Waals surface area contributed by atoms with Crippen LogP contribution in [0.3, 0.4) is 0 Å². The summed E-state index contributed by atoms with van der Waals surface area (Å²) in [5.74, 6) is 0.929. The Morgan fingerprint density at radius 1 is 1.14 bits per heavy atom. The van der Waals surface area contributed by atoms with Crippen molar-refractivity contribution in [3.8, 4) is 11.4 Å². The molecule has 0 N–H and O–H groups in total. The van der Waals surface area contributed by atoms with Gasteiger partial charge in [0.25, 0.3) is 0 Å². The highest BCUT2D eigenvalue weighted by Gasteiger charge is 2.12.